The van der Waals surface area contributed by atoms with Crippen LogP contribution in [-0.4, -0.2) is 56.9 Å². The largest absolute Gasteiger partial charge is 0.492 e. The van der Waals surface area contributed by atoms with Crippen molar-refractivity contribution >= 4 is 41.7 Å². The molecule has 5 nitrogen and oxygen atoms in total. The second kappa shape index (κ2) is 11.9. The van der Waals surface area contributed by atoms with Crippen molar-refractivity contribution in [3.63, 3.8) is 0 Å². The zero-order valence-electron chi connectivity index (χ0n) is 15.3. The molecule has 0 aliphatic carbocycles. The number of aryl methyl sites for hydroxylation is 1. The smallest absolute Gasteiger partial charge is 0.191 e. The molecule has 1 saturated heterocycles. The van der Waals surface area contributed by atoms with Crippen LogP contribution in [0.15, 0.2) is 29.3 Å². The Kier molecular flexibility index (Phi) is 10.6. The van der Waals surface area contributed by atoms with Crippen molar-refractivity contribution in [3.05, 3.63) is 29.8 Å². The summed E-state index contributed by atoms with van der Waals surface area (Å²) in [4.78, 5) is 4.29. The van der Waals surface area contributed by atoms with Crippen molar-refractivity contribution < 1.29 is 9.47 Å². The van der Waals surface area contributed by atoms with Crippen LogP contribution in [0.1, 0.15) is 18.4 Å². The predicted molar refractivity (Wildman–Crippen MR) is 118 cm³/mol. The highest BCUT2D eigenvalue weighted by Gasteiger charge is 2.31. The van der Waals surface area contributed by atoms with Gasteiger partial charge in [-0.15, -0.1) is 24.0 Å². The van der Waals surface area contributed by atoms with Gasteiger partial charge < -0.3 is 20.1 Å². The molecule has 0 radical (unpaired) electrons. The molecule has 25 heavy (non-hydrogen) atoms. The van der Waals surface area contributed by atoms with Gasteiger partial charge in [-0.25, -0.2) is 0 Å². The molecular formula is C18H30IN3O2S. The van der Waals surface area contributed by atoms with Gasteiger partial charge in [0, 0.05) is 31.6 Å². The quantitative estimate of drug-likeness (QED) is 0.273. The fraction of sp³-hybridized carbons (Fsp3) is 0.611. The van der Waals surface area contributed by atoms with E-state index in [1.807, 2.05) is 23.9 Å². The first-order chi connectivity index (χ1) is 11.7. The molecule has 1 aromatic rings. The van der Waals surface area contributed by atoms with E-state index in [4.69, 9.17) is 9.47 Å². The molecule has 0 atom stereocenters. The minimum Gasteiger partial charge on any atom is -0.492 e. The number of guanidine groups is 1. The first-order valence-electron chi connectivity index (χ1n) is 8.44. The Morgan fingerprint density at radius 3 is 2.52 bits per heavy atom. The lowest BCUT2D eigenvalue weighted by molar-refractivity contribution is 0.0783. The molecule has 2 N–H and O–H groups in total. The van der Waals surface area contributed by atoms with Gasteiger partial charge in [0.1, 0.15) is 12.4 Å². The Bertz CT molecular complexity index is 520. The number of halogens is 1. The molecule has 0 aromatic heterocycles. The maximum Gasteiger partial charge on any atom is 0.191 e. The average molecular weight is 479 g/mol. The van der Waals surface area contributed by atoms with E-state index in [1.54, 1.807) is 7.05 Å². The third-order valence-electron chi connectivity index (χ3n) is 4.32. The lowest BCUT2D eigenvalue weighted by Crippen LogP contribution is -2.48. The highest BCUT2D eigenvalue weighted by Crippen LogP contribution is 2.32. The zero-order chi connectivity index (χ0) is 17.3. The molecule has 1 aromatic carbocycles. The summed E-state index contributed by atoms with van der Waals surface area (Å²) < 4.78 is 11.5. The van der Waals surface area contributed by atoms with E-state index in [2.05, 4.69) is 40.9 Å². The third kappa shape index (κ3) is 7.62. The molecule has 1 fully saturated rings. The number of aliphatic imine (C=N–C) groups is 1. The number of hydrogen-bond acceptors (Lipinski definition) is 4. The van der Waals surface area contributed by atoms with E-state index in [0.29, 0.717) is 13.2 Å². The summed E-state index contributed by atoms with van der Waals surface area (Å²) >= 11 is 1.92. The van der Waals surface area contributed by atoms with Gasteiger partial charge in [0.05, 0.1) is 6.54 Å². The van der Waals surface area contributed by atoms with E-state index in [9.17, 15) is 0 Å². The fourth-order valence-electron chi connectivity index (χ4n) is 2.63. The number of nitrogens with one attached hydrogen (secondary N) is 2. The van der Waals surface area contributed by atoms with Gasteiger partial charge in [-0.3, -0.25) is 4.99 Å². The van der Waals surface area contributed by atoms with Gasteiger partial charge in [-0.2, -0.15) is 11.8 Å². The van der Waals surface area contributed by atoms with E-state index in [0.717, 1.165) is 44.3 Å². The second-order valence-corrected chi connectivity index (χ2v) is 7.29. The molecule has 1 aliphatic heterocycles. The molecule has 2 rings (SSSR count). The van der Waals surface area contributed by atoms with Crippen molar-refractivity contribution in [2.45, 2.75) is 24.5 Å². The number of thioether (sulfide) groups is 1. The minimum absolute atomic E-state index is 0. The van der Waals surface area contributed by atoms with Crippen LogP contribution in [0.3, 0.4) is 0 Å². The summed E-state index contributed by atoms with van der Waals surface area (Å²) in [5, 5.41) is 6.75. The number of nitrogens with zero attached hydrogens (tertiary/aromatic N) is 1. The van der Waals surface area contributed by atoms with Gasteiger partial charge >= 0.3 is 0 Å². The van der Waals surface area contributed by atoms with Crippen LogP contribution in [0.25, 0.3) is 0 Å². The number of hydrogen-bond donors (Lipinski definition) is 2. The summed E-state index contributed by atoms with van der Waals surface area (Å²) in [7, 11) is 1.80. The van der Waals surface area contributed by atoms with Crippen LogP contribution in [0.2, 0.25) is 0 Å². The normalized spacial score (nSPS) is 16.7. The van der Waals surface area contributed by atoms with Crippen LogP contribution in [0, 0.1) is 6.92 Å². The Morgan fingerprint density at radius 2 is 1.92 bits per heavy atom. The van der Waals surface area contributed by atoms with Gasteiger partial charge in [0.2, 0.25) is 0 Å². The Labute approximate surface area is 172 Å². The van der Waals surface area contributed by atoms with Gasteiger partial charge in [0.25, 0.3) is 0 Å². The van der Waals surface area contributed by atoms with E-state index >= 15 is 0 Å². The maximum atomic E-state index is 5.73. The Hall–Kier alpha value is -0.670. The van der Waals surface area contributed by atoms with Crippen molar-refractivity contribution in [2.75, 3.05) is 46.2 Å². The Morgan fingerprint density at radius 1 is 1.24 bits per heavy atom. The standard InChI is InChI=1S/C18H29N3O2S.HI/c1-15-4-6-16(7-5-15)23-13-10-20-17(19-2)21-14-18(24-3)8-11-22-12-9-18;/h4-7H,8-14H2,1-3H3,(H2,19,20,21);1H. The van der Waals surface area contributed by atoms with Crippen molar-refractivity contribution in [3.8, 4) is 5.75 Å². The maximum absolute atomic E-state index is 5.73. The summed E-state index contributed by atoms with van der Waals surface area (Å²) in [6.45, 7) is 5.98. The minimum atomic E-state index is 0. The van der Waals surface area contributed by atoms with Gasteiger partial charge in [-0.1, -0.05) is 17.7 Å². The molecule has 0 bridgehead atoms. The molecular weight excluding hydrogens is 449 g/mol. The predicted octanol–water partition coefficient (Wildman–Crippen LogP) is 3.07. The highest BCUT2D eigenvalue weighted by atomic mass is 127. The van der Waals surface area contributed by atoms with Gasteiger partial charge in [-0.05, 0) is 38.2 Å². The molecule has 7 heteroatoms. The van der Waals surface area contributed by atoms with Crippen LogP contribution in [0.5, 0.6) is 5.75 Å². The van der Waals surface area contributed by atoms with E-state index in [1.165, 1.54) is 5.56 Å². The second-order valence-electron chi connectivity index (χ2n) is 6.01. The van der Waals surface area contributed by atoms with Crippen LogP contribution < -0.4 is 15.4 Å². The molecule has 0 unspecified atom stereocenters. The summed E-state index contributed by atoms with van der Waals surface area (Å²) in [5.41, 5.74) is 1.24. The van der Waals surface area contributed by atoms with Crippen LogP contribution in [0.4, 0.5) is 0 Å². The number of benzene rings is 1. The zero-order valence-corrected chi connectivity index (χ0v) is 18.5. The molecule has 0 amide bonds. The van der Waals surface area contributed by atoms with Gasteiger partial charge in [0.15, 0.2) is 5.96 Å². The number of rotatable bonds is 7. The van der Waals surface area contributed by atoms with E-state index < -0.39 is 0 Å². The highest BCUT2D eigenvalue weighted by molar-refractivity contribution is 14.0. The molecule has 0 saturated carbocycles. The van der Waals surface area contributed by atoms with Crippen molar-refractivity contribution in [1.29, 1.82) is 0 Å². The van der Waals surface area contributed by atoms with Crippen molar-refractivity contribution in [1.82, 2.24) is 10.6 Å². The van der Waals surface area contributed by atoms with Crippen LogP contribution >= 0.6 is 35.7 Å². The summed E-state index contributed by atoms with van der Waals surface area (Å²) in [6.07, 6.45) is 4.34. The lowest BCUT2D eigenvalue weighted by atomic mass is 9.99. The SMILES string of the molecule is CN=C(NCCOc1ccc(C)cc1)NCC1(SC)CCOCC1.I. The monoisotopic (exact) mass is 479 g/mol. The van der Waals surface area contributed by atoms with E-state index in [-0.39, 0.29) is 28.7 Å². The first kappa shape index (κ1) is 22.4. The topological polar surface area (TPSA) is 54.9 Å². The molecule has 1 aliphatic rings. The molecule has 1 heterocycles. The summed E-state index contributed by atoms with van der Waals surface area (Å²) in [5.74, 6) is 1.72. The third-order valence-corrected chi connectivity index (χ3v) is 5.74. The summed E-state index contributed by atoms with van der Waals surface area (Å²) in [6, 6.07) is 8.10. The van der Waals surface area contributed by atoms with Crippen molar-refractivity contribution in [2.24, 2.45) is 4.99 Å². The Balaban J connectivity index is 0.00000312. The van der Waals surface area contributed by atoms with Crippen LogP contribution in [-0.2, 0) is 4.74 Å². The first-order valence-corrected chi connectivity index (χ1v) is 9.67. The molecule has 0 spiro atoms. The number of ether oxygens (including phenoxy) is 2. The fourth-order valence-corrected chi connectivity index (χ4v) is 3.43. The lowest BCUT2D eigenvalue weighted by Gasteiger charge is -2.36. The molecule has 142 valence electrons. The average Bonchev–Trinajstić information content (AvgIpc) is 2.63.